The zero-order valence-corrected chi connectivity index (χ0v) is 13.8. The summed E-state index contributed by atoms with van der Waals surface area (Å²) in [4.78, 5) is 16.5. The van der Waals surface area contributed by atoms with E-state index < -0.39 is 0 Å². The van der Waals surface area contributed by atoms with Gasteiger partial charge in [-0.1, -0.05) is 30.7 Å². The average molecular weight is 342 g/mol. The van der Waals surface area contributed by atoms with Crippen LogP contribution in [0.1, 0.15) is 24.8 Å². The molecule has 2 unspecified atom stereocenters. The smallest absolute Gasteiger partial charge is 0.224 e. The van der Waals surface area contributed by atoms with Crippen molar-refractivity contribution in [1.82, 2.24) is 10.3 Å². The van der Waals surface area contributed by atoms with Crippen molar-refractivity contribution >= 4 is 41.6 Å². The van der Waals surface area contributed by atoms with Crippen LogP contribution in [0.4, 0.5) is 0 Å². The van der Waals surface area contributed by atoms with Gasteiger partial charge < -0.3 is 11.1 Å². The van der Waals surface area contributed by atoms with E-state index in [1.165, 1.54) is 0 Å². The van der Waals surface area contributed by atoms with E-state index >= 15 is 0 Å². The van der Waals surface area contributed by atoms with Gasteiger partial charge in [-0.25, -0.2) is 0 Å². The number of carbonyl (C=O) groups excluding carboxylic acids is 1. The topological polar surface area (TPSA) is 68.0 Å². The number of halogens is 2. The van der Waals surface area contributed by atoms with Crippen LogP contribution in [0.5, 0.6) is 0 Å². The van der Waals surface area contributed by atoms with E-state index in [1.54, 1.807) is 6.20 Å². The monoisotopic (exact) mass is 341 g/mol. The summed E-state index contributed by atoms with van der Waals surface area (Å²) in [6.07, 6.45) is 4.68. The van der Waals surface area contributed by atoms with Gasteiger partial charge >= 0.3 is 0 Å². The van der Waals surface area contributed by atoms with Crippen LogP contribution in [-0.2, 0) is 11.3 Å². The third-order valence-corrected chi connectivity index (χ3v) is 4.08. The number of amides is 1. The van der Waals surface area contributed by atoms with Crippen molar-refractivity contribution in [2.45, 2.75) is 31.8 Å². The fourth-order valence-corrected chi connectivity index (χ4v) is 2.94. The highest BCUT2D eigenvalue weighted by Gasteiger charge is 2.29. The lowest BCUT2D eigenvalue weighted by Crippen LogP contribution is -2.38. The number of nitrogens with two attached hydrogens (primary N) is 1. The Labute approximate surface area is 142 Å². The van der Waals surface area contributed by atoms with Crippen molar-refractivity contribution in [3.05, 3.63) is 42.1 Å². The number of nitrogens with one attached hydrogen (secondary N) is 1. The summed E-state index contributed by atoms with van der Waals surface area (Å²) in [5.74, 6) is 0.0425. The highest BCUT2D eigenvalue weighted by Crippen LogP contribution is 2.24. The maximum Gasteiger partial charge on any atom is 0.224 e. The first kappa shape index (κ1) is 18.7. The summed E-state index contributed by atoms with van der Waals surface area (Å²) < 4.78 is 0. The molecule has 0 bridgehead atoms. The lowest BCUT2D eigenvalue weighted by atomic mass is 10.0. The van der Waals surface area contributed by atoms with Gasteiger partial charge in [0.2, 0.25) is 5.91 Å². The van der Waals surface area contributed by atoms with Crippen molar-refractivity contribution < 1.29 is 4.79 Å². The Morgan fingerprint density at radius 3 is 2.73 bits per heavy atom. The minimum Gasteiger partial charge on any atom is -0.352 e. The summed E-state index contributed by atoms with van der Waals surface area (Å²) in [6.45, 7) is 0.510. The van der Waals surface area contributed by atoms with E-state index in [0.717, 1.165) is 35.7 Å². The summed E-state index contributed by atoms with van der Waals surface area (Å²) >= 11 is 0. The number of benzene rings is 1. The van der Waals surface area contributed by atoms with Gasteiger partial charge in [0.05, 0.1) is 11.4 Å². The number of fused-ring (bicyclic) bond motifs is 1. The molecule has 0 spiro atoms. The predicted molar refractivity (Wildman–Crippen MR) is 93.4 cm³/mol. The number of hydrogen-bond acceptors (Lipinski definition) is 3. The molecule has 1 saturated carbocycles. The van der Waals surface area contributed by atoms with E-state index in [2.05, 4.69) is 10.3 Å². The first-order chi connectivity index (χ1) is 9.75. The molecule has 1 heterocycles. The van der Waals surface area contributed by atoms with E-state index in [1.807, 2.05) is 30.3 Å². The molecule has 3 N–H and O–H groups in total. The second-order valence-corrected chi connectivity index (χ2v) is 5.41. The molecule has 0 aliphatic heterocycles. The number of hydrogen-bond donors (Lipinski definition) is 2. The van der Waals surface area contributed by atoms with Gasteiger partial charge in [0.25, 0.3) is 0 Å². The summed E-state index contributed by atoms with van der Waals surface area (Å²) in [5, 5.41) is 4.10. The number of para-hydroxylation sites is 1. The number of carbonyl (C=O) groups is 1. The Balaban J connectivity index is 0.00000121. The number of rotatable bonds is 3. The Morgan fingerprint density at radius 1 is 1.23 bits per heavy atom. The van der Waals surface area contributed by atoms with Crippen molar-refractivity contribution in [2.75, 3.05) is 0 Å². The van der Waals surface area contributed by atoms with Crippen molar-refractivity contribution in [3.63, 3.8) is 0 Å². The first-order valence-corrected chi connectivity index (χ1v) is 7.11. The molecule has 0 saturated heterocycles. The molecule has 1 aromatic carbocycles. The molecule has 22 heavy (non-hydrogen) atoms. The molecular weight excluding hydrogens is 321 g/mol. The Bertz CT molecular complexity index is 630. The zero-order valence-electron chi connectivity index (χ0n) is 12.2. The molecule has 1 aliphatic rings. The number of pyridine rings is 1. The van der Waals surface area contributed by atoms with Crippen LogP contribution in [0.15, 0.2) is 36.5 Å². The van der Waals surface area contributed by atoms with E-state index in [-0.39, 0.29) is 42.7 Å². The van der Waals surface area contributed by atoms with Crippen molar-refractivity contribution in [1.29, 1.82) is 0 Å². The number of aromatic nitrogens is 1. The summed E-state index contributed by atoms with van der Waals surface area (Å²) in [7, 11) is 0. The largest absolute Gasteiger partial charge is 0.352 e. The first-order valence-electron chi connectivity index (χ1n) is 7.11. The van der Waals surface area contributed by atoms with Crippen molar-refractivity contribution in [3.8, 4) is 0 Å². The third-order valence-electron chi connectivity index (χ3n) is 4.08. The van der Waals surface area contributed by atoms with Crippen LogP contribution in [-0.4, -0.2) is 16.9 Å². The highest BCUT2D eigenvalue weighted by molar-refractivity contribution is 5.85. The van der Waals surface area contributed by atoms with E-state index in [0.29, 0.717) is 6.54 Å². The van der Waals surface area contributed by atoms with Crippen LogP contribution < -0.4 is 11.1 Å². The van der Waals surface area contributed by atoms with E-state index in [4.69, 9.17) is 5.73 Å². The fraction of sp³-hybridized carbons (Fsp3) is 0.375. The molecule has 2 atom stereocenters. The second-order valence-electron chi connectivity index (χ2n) is 5.41. The highest BCUT2D eigenvalue weighted by atomic mass is 35.5. The van der Waals surface area contributed by atoms with Crippen LogP contribution in [0.2, 0.25) is 0 Å². The molecule has 3 rings (SSSR count). The SMILES string of the molecule is Cl.Cl.NC1CCCC1C(=O)NCc1cccc2cccnc12. The maximum atomic E-state index is 12.2. The zero-order chi connectivity index (χ0) is 13.9. The van der Waals surface area contributed by atoms with E-state index in [9.17, 15) is 4.79 Å². The van der Waals surface area contributed by atoms with Crippen LogP contribution in [0.25, 0.3) is 10.9 Å². The van der Waals surface area contributed by atoms with Crippen LogP contribution in [0.3, 0.4) is 0 Å². The van der Waals surface area contributed by atoms with Gasteiger partial charge in [-0.2, -0.15) is 0 Å². The summed E-state index contributed by atoms with van der Waals surface area (Å²) in [5.41, 5.74) is 7.96. The average Bonchev–Trinajstić information content (AvgIpc) is 2.91. The standard InChI is InChI=1S/C16H19N3O.2ClH/c17-14-8-2-7-13(14)16(20)19-10-12-5-1-4-11-6-3-9-18-15(11)12;;/h1,3-6,9,13-14H,2,7-8,10,17H2,(H,19,20);2*1H. The quantitative estimate of drug-likeness (QED) is 0.901. The number of nitrogens with zero attached hydrogens (tertiary/aromatic N) is 1. The Kier molecular flexibility index (Phi) is 7.07. The van der Waals surface area contributed by atoms with Gasteiger partial charge in [-0.3, -0.25) is 9.78 Å². The molecule has 1 aromatic heterocycles. The van der Waals surface area contributed by atoms with Gasteiger partial charge in [0.15, 0.2) is 0 Å². The van der Waals surface area contributed by atoms with Gasteiger partial charge in [-0.05, 0) is 24.5 Å². The normalized spacial score (nSPS) is 20.0. The van der Waals surface area contributed by atoms with Gasteiger partial charge in [0.1, 0.15) is 0 Å². The molecular formula is C16H21Cl2N3O. The van der Waals surface area contributed by atoms with Crippen LogP contribution >= 0.6 is 24.8 Å². The summed E-state index contributed by atoms with van der Waals surface area (Å²) in [6, 6.07) is 9.99. The molecule has 0 radical (unpaired) electrons. The molecule has 1 fully saturated rings. The van der Waals surface area contributed by atoms with Gasteiger partial charge in [-0.15, -0.1) is 24.8 Å². The Morgan fingerprint density at radius 2 is 2.00 bits per heavy atom. The van der Waals surface area contributed by atoms with Crippen LogP contribution in [0, 0.1) is 5.92 Å². The molecule has 1 aliphatic carbocycles. The molecule has 4 nitrogen and oxygen atoms in total. The molecule has 2 aromatic rings. The Hall–Kier alpha value is -1.36. The second kappa shape index (κ2) is 8.32. The molecule has 6 heteroatoms. The molecule has 120 valence electrons. The fourth-order valence-electron chi connectivity index (χ4n) is 2.94. The third kappa shape index (κ3) is 3.88. The van der Waals surface area contributed by atoms with Gasteiger partial charge in [0, 0.05) is 24.2 Å². The molecule has 1 amide bonds. The minimum atomic E-state index is -0.0297. The lowest BCUT2D eigenvalue weighted by molar-refractivity contribution is -0.125. The van der Waals surface area contributed by atoms with Crippen molar-refractivity contribution in [2.24, 2.45) is 11.7 Å². The minimum absolute atomic E-state index is 0. The maximum absolute atomic E-state index is 12.2. The lowest BCUT2D eigenvalue weighted by Gasteiger charge is -2.15. The predicted octanol–water partition coefficient (Wildman–Crippen LogP) is 2.82.